The van der Waals surface area contributed by atoms with Crippen LogP contribution in [-0.4, -0.2) is 21.1 Å². The highest BCUT2D eigenvalue weighted by atomic mass is 15.2. The number of benzene rings is 1. The van der Waals surface area contributed by atoms with Crippen molar-refractivity contribution in [2.75, 3.05) is 31.4 Å². The van der Waals surface area contributed by atoms with Crippen LogP contribution in [0.3, 0.4) is 0 Å². The zero-order valence-corrected chi connectivity index (χ0v) is 9.41. The number of nitrogens with zero attached hydrogens (tertiary/aromatic N) is 1. The first-order chi connectivity index (χ1) is 7.24. The lowest BCUT2D eigenvalue weighted by molar-refractivity contribution is 0.895. The quantitative estimate of drug-likeness (QED) is 0.691. The van der Waals surface area contributed by atoms with E-state index in [9.17, 15) is 0 Å². The Kier molecular flexibility index (Phi) is 3.85. The van der Waals surface area contributed by atoms with Crippen LogP contribution in [-0.2, 0) is 0 Å². The summed E-state index contributed by atoms with van der Waals surface area (Å²) in [4.78, 5) is 1.99. The van der Waals surface area contributed by atoms with Gasteiger partial charge in [-0.15, -0.1) is 0 Å². The van der Waals surface area contributed by atoms with Gasteiger partial charge < -0.3 is 21.3 Å². The second kappa shape index (κ2) is 5.14. The van der Waals surface area contributed by atoms with Crippen LogP contribution in [0.2, 0.25) is 0 Å². The Bertz CT molecular complexity index is 346. The van der Waals surface area contributed by atoms with Gasteiger partial charge in [-0.25, -0.2) is 0 Å². The van der Waals surface area contributed by atoms with Crippen molar-refractivity contribution in [3.63, 3.8) is 0 Å². The van der Waals surface area contributed by atoms with Gasteiger partial charge in [-0.3, -0.25) is 0 Å². The van der Waals surface area contributed by atoms with E-state index in [4.69, 9.17) is 5.73 Å². The molecule has 1 rings (SSSR count). The van der Waals surface area contributed by atoms with Crippen LogP contribution in [0.25, 0.3) is 0 Å². The topological polar surface area (TPSA) is 53.3 Å². The molecule has 82 valence electrons. The lowest BCUT2D eigenvalue weighted by atomic mass is 10.2. The molecule has 0 saturated carbocycles. The summed E-state index contributed by atoms with van der Waals surface area (Å²) >= 11 is 0. The van der Waals surface area contributed by atoms with Crippen LogP contribution in [0.4, 0.5) is 11.4 Å². The predicted molar refractivity (Wildman–Crippen MR) is 65.7 cm³/mol. The molecule has 0 radical (unpaired) electrons. The Balaban J connectivity index is 3.04. The van der Waals surface area contributed by atoms with Crippen molar-refractivity contribution in [2.24, 2.45) is 5.73 Å². The van der Waals surface area contributed by atoms with Gasteiger partial charge in [0.1, 0.15) is 5.82 Å². The Morgan fingerprint density at radius 2 is 2.00 bits per heavy atom. The van der Waals surface area contributed by atoms with Gasteiger partial charge in [0.05, 0.1) is 11.4 Å². The van der Waals surface area contributed by atoms with Crippen molar-refractivity contribution in [1.29, 1.82) is 0 Å². The molecule has 0 atom stereocenters. The molecule has 4 N–H and O–H groups in total. The minimum absolute atomic E-state index is 0.859. The molecule has 1 aromatic carbocycles. The largest absolute Gasteiger partial charge is 0.402 e. The molecule has 0 aliphatic carbocycles. The number of hydrogen-bond donors (Lipinski definition) is 3. The van der Waals surface area contributed by atoms with Gasteiger partial charge in [0.2, 0.25) is 0 Å². The zero-order valence-electron chi connectivity index (χ0n) is 9.41. The van der Waals surface area contributed by atoms with Gasteiger partial charge in [0.25, 0.3) is 0 Å². The maximum atomic E-state index is 5.53. The van der Waals surface area contributed by atoms with E-state index in [1.807, 2.05) is 50.3 Å². The number of nitrogens with one attached hydrogen (secondary N) is 2. The normalized spacial score (nSPS) is 11.0. The Morgan fingerprint density at radius 1 is 1.33 bits per heavy atom. The summed E-state index contributed by atoms with van der Waals surface area (Å²) in [5.74, 6) is 0.859. The molecule has 0 spiro atoms. The van der Waals surface area contributed by atoms with E-state index in [1.165, 1.54) is 0 Å². The maximum Gasteiger partial charge on any atom is 0.121 e. The van der Waals surface area contributed by atoms with Gasteiger partial charge in [-0.2, -0.15) is 0 Å². The fourth-order valence-electron chi connectivity index (χ4n) is 1.47. The summed E-state index contributed by atoms with van der Waals surface area (Å²) in [5, 5.41) is 6.18. The first-order valence-corrected chi connectivity index (χ1v) is 4.84. The third-order valence-electron chi connectivity index (χ3n) is 2.31. The highest BCUT2D eigenvalue weighted by molar-refractivity contribution is 5.71. The highest BCUT2D eigenvalue weighted by Gasteiger charge is 2.08. The third-order valence-corrected chi connectivity index (χ3v) is 2.31. The monoisotopic (exact) mass is 206 g/mol. The number of anilines is 2. The molecule has 0 aliphatic rings. The highest BCUT2D eigenvalue weighted by Crippen LogP contribution is 2.25. The van der Waals surface area contributed by atoms with Gasteiger partial charge in [0.15, 0.2) is 0 Å². The molecule has 0 unspecified atom stereocenters. The summed E-state index contributed by atoms with van der Waals surface area (Å²) in [6.07, 6.45) is 1.55. The van der Waals surface area contributed by atoms with Crippen LogP contribution < -0.4 is 21.3 Å². The molecule has 15 heavy (non-hydrogen) atoms. The lowest BCUT2D eigenvalue weighted by Gasteiger charge is -2.24. The van der Waals surface area contributed by atoms with Crippen molar-refractivity contribution in [3.8, 4) is 0 Å². The number of nitrogens with two attached hydrogens (primary N) is 1. The van der Waals surface area contributed by atoms with E-state index in [0.29, 0.717) is 0 Å². The summed E-state index contributed by atoms with van der Waals surface area (Å²) in [5.41, 5.74) is 7.67. The van der Waals surface area contributed by atoms with Crippen LogP contribution in [0.5, 0.6) is 0 Å². The smallest absolute Gasteiger partial charge is 0.121 e. The molecular formula is C11H18N4. The number of hydrogen-bond acceptors (Lipinski definition) is 4. The van der Waals surface area contributed by atoms with Crippen molar-refractivity contribution in [1.82, 2.24) is 5.32 Å². The Hall–Kier alpha value is -1.84. The summed E-state index contributed by atoms with van der Waals surface area (Å²) < 4.78 is 0. The first-order valence-electron chi connectivity index (χ1n) is 4.84. The molecule has 0 heterocycles. The predicted octanol–water partition coefficient (Wildman–Crippen LogP) is 1.14. The SMILES string of the molecule is CN/C(=C\N)N(C)c1ccccc1NC. The molecule has 0 bridgehead atoms. The first kappa shape index (κ1) is 11.2. The van der Waals surface area contributed by atoms with E-state index in [0.717, 1.165) is 17.2 Å². The number of para-hydroxylation sites is 2. The van der Waals surface area contributed by atoms with Crippen molar-refractivity contribution >= 4 is 11.4 Å². The maximum absolute atomic E-state index is 5.53. The van der Waals surface area contributed by atoms with Crippen molar-refractivity contribution in [2.45, 2.75) is 0 Å². The fourth-order valence-corrected chi connectivity index (χ4v) is 1.47. The molecule has 0 saturated heterocycles. The summed E-state index contributed by atoms with van der Waals surface area (Å²) in [6, 6.07) is 8.05. The second-order valence-corrected chi connectivity index (χ2v) is 3.13. The molecule has 4 nitrogen and oxygen atoms in total. The van der Waals surface area contributed by atoms with Gasteiger partial charge in [-0.05, 0) is 12.1 Å². The van der Waals surface area contributed by atoms with Crippen molar-refractivity contribution in [3.05, 3.63) is 36.3 Å². The second-order valence-electron chi connectivity index (χ2n) is 3.13. The lowest BCUT2D eigenvalue weighted by Crippen LogP contribution is -2.27. The summed E-state index contributed by atoms with van der Waals surface area (Å²) in [6.45, 7) is 0. The zero-order chi connectivity index (χ0) is 11.3. The molecule has 0 aromatic heterocycles. The van der Waals surface area contributed by atoms with E-state index in [-0.39, 0.29) is 0 Å². The molecule has 0 aliphatic heterocycles. The van der Waals surface area contributed by atoms with Gasteiger partial charge >= 0.3 is 0 Å². The van der Waals surface area contributed by atoms with E-state index < -0.39 is 0 Å². The minimum atomic E-state index is 0.859. The fraction of sp³-hybridized carbons (Fsp3) is 0.273. The van der Waals surface area contributed by atoms with Crippen LogP contribution >= 0.6 is 0 Å². The molecule has 1 aromatic rings. The van der Waals surface area contributed by atoms with Gasteiger partial charge in [0, 0.05) is 27.3 Å². The third kappa shape index (κ3) is 2.34. The summed E-state index contributed by atoms with van der Waals surface area (Å²) in [7, 11) is 5.71. The van der Waals surface area contributed by atoms with E-state index in [1.54, 1.807) is 6.20 Å². The average Bonchev–Trinajstić information content (AvgIpc) is 2.30. The minimum Gasteiger partial charge on any atom is -0.402 e. The van der Waals surface area contributed by atoms with Crippen LogP contribution in [0.15, 0.2) is 36.3 Å². The molecule has 0 fully saturated rings. The van der Waals surface area contributed by atoms with Crippen molar-refractivity contribution < 1.29 is 0 Å². The van der Waals surface area contributed by atoms with Crippen LogP contribution in [0, 0.1) is 0 Å². The Labute approximate surface area is 90.8 Å². The standard InChI is InChI=1S/C11H18N4/c1-13-9-6-4-5-7-10(9)15(3)11(8-12)14-2/h4-8,13-14H,12H2,1-3H3/b11-8+. The average molecular weight is 206 g/mol. The molecule has 4 heteroatoms. The van der Waals surface area contributed by atoms with Crippen LogP contribution in [0.1, 0.15) is 0 Å². The van der Waals surface area contributed by atoms with E-state index in [2.05, 4.69) is 10.6 Å². The van der Waals surface area contributed by atoms with Gasteiger partial charge in [-0.1, -0.05) is 12.1 Å². The van der Waals surface area contributed by atoms with E-state index >= 15 is 0 Å². The Morgan fingerprint density at radius 3 is 2.53 bits per heavy atom. The molecule has 0 amide bonds. The number of rotatable bonds is 4. The molecular weight excluding hydrogens is 188 g/mol.